The molecule has 0 fully saturated rings. The molecule has 0 saturated carbocycles. The zero-order valence-corrected chi connectivity index (χ0v) is 12.7. The van der Waals surface area contributed by atoms with E-state index in [1.807, 2.05) is 0 Å². The lowest BCUT2D eigenvalue weighted by Crippen LogP contribution is -2.02. The van der Waals surface area contributed by atoms with Gasteiger partial charge >= 0.3 is 0 Å². The third kappa shape index (κ3) is 2.89. The zero-order chi connectivity index (χ0) is 13.3. The molecule has 2 aromatic carbocycles. The van der Waals surface area contributed by atoms with Crippen LogP contribution in [0.1, 0.15) is 15.9 Å². The van der Waals surface area contributed by atoms with Gasteiger partial charge in [0.15, 0.2) is 5.78 Å². The maximum atomic E-state index is 12.3. The first-order valence-electron chi connectivity index (χ1n) is 4.94. The van der Waals surface area contributed by atoms with Crippen LogP contribution in [-0.4, -0.2) is 5.78 Å². The van der Waals surface area contributed by atoms with Gasteiger partial charge in [-0.3, -0.25) is 4.79 Å². The lowest BCUT2D eigenvalue weighted by Gasteiger charge is -2.05. The van der Waals surface area contributed by atoms with Crippen molar-refractivity contribution in [3.05, 3.63) is 67.1 Å². The summed E-state index contributed by atoms with van der Waals surface area (Å²) in [6, 6.07) is 9.78. The minimum absolute atomic E-state index is 0.142. The highest BCUT2D eigenvalue weighted by Crippen LogP contribution is 2.27. The number of ketones is 1. The average molecular weight is 364 g/mol. The van der Waals surface area contributed by atoms with Crippen LogP contribution in [0.2, 0.25) is 15.1 Å². The van der Waals surface area contributed by atoms with Gasteiger partial charge in [-0.1, -0.05) is 34.8 Å². The molecule has 0 radical (unpaired) electrons. The molecule has 0 saturated heterocycles. The van der Waals surface area contributed by atoms with Crippen LogP contribution >= 0.6 is 50.7 Å². The van der Waals surface area contributed by atoms with Crippen molar-refractivity contribution in [1.29, 1.82) is 0 Å². The first kappa shape index (κ1) is 13.9. The Hall–Kier alpha value is -0.540. The first-order valence-corrected chi connectivity index (χ1v) is 6.86. The SMILES string of the molecule is O=C(c1ccc(Cl)c(Cl)c1)c1ccc(Cl)cc1Br. The van der Waals surface area contributed by atoms with Crippen LogP contribution in [0.25, 0.3) is 0 Å². The summed E-state index contributed by atoms with van der Waals surface area (Å²) in [6.07, 6.45) is 0. The first-order chi connectivity index (χ1) is 8.49. The van der Waals surface area contributed by atoms with Crippen molar-refractivity contribution in [1.82, 2.24) is 0 Å². The summed E-state index contributed by atoms with van der Waals surface area (Å²) in [4.78, 5) is 12.3. The predicted molar refractivity (Wildman–Crippen MR) is 79.0 cm³/mol. The molecule has 18 heavy (non-hydrogen) atoms. The fourth-order valence-electron chi connectivity index (χ4n) is 1.47. The maximum Gasteiger partial charge on any atom is 0.194 e. The highest BCUT2D eigenvalue weighted by molar-refractivity contribution is 9.10. The van der Waals surface area contributed by atoms with Crippen LogP contribution < -0.4 is 0 Å². The van der Waals surface area contributed by atoms with Gasteiger partial charge < -0.3 is 0 Å². The quantitative estimate of drug-likeness (QED) is 0.630. The zero-order valence-electron chi connectivity index (χ0n) is 8.88. The molecule has 1 nitrogen and oxygen atoms in total. The van der Waals surface area contributed by atoms with Crippen LogP contribution in [0.15, 0.2) is 40.9 Å². The number of rotatable bonds is 2. The Labute approximate surface area is 128 Å². The van der Waals surface area contributed by atoms with Gasteiger partial charge in [0.25, 0.3) is 0 Å². The summed E-state index contributed by atoms with van der Waals surface area (Å²) in [5, 5.41) is 1.34. The molecule has 0 bridgehead atoms. The number of carbonyl (C=O) groups excluding carboxylic acids is 1. The third-order valence-corrected chi connectivity index (χ3v) is 3.99. The fourth-order valence-corrected chi connectivity index (χ4v) is 2.63. The minimum atomic E-state index is -0.142. The Kier molecular flexibility index (Phi) is 4.33. The molecule has 2 aromatic rings. The monoisotopic (exact) mass is 362 g/mol. The Morgan fingerprint density at radius 1 is 0.944 bits per heavy atom. The second-order valence-corrected chi connectivity index (χ2v) is 5.69. The molecule has 2 rings (SSSR count). The van der Waals surface area contributed by atoms with Crippen LogP contribution in [0, 0.1) is 0 Å². The molecule has 0 aliphatic carbocycles. The lowest BCUT2D eigenvalue weighted by atomic mass is 10.0. The number of hydrogen-bond acceptors (Lipinski definition) is 1. The summed E-state index contributed by atoms with van der Waals surface area (Å²) in [7, 11) is 0. The normalized spacial score (nSPS) is 10.4. The van der Waals surface area contributed by atoms with Gasteiger partial charge in [-0.25, -0.2) is 0 Å². The van der Waals surface area contributed by atoms with Crippen LogP contribution in [0.3, 0.4) is 0 Å². The van der Waals surface area contributed by atoms with Crippen LogP contribution in [-0.2, 0) is 0 Å². The highest BCUT2D eigenvalue weighted by Gasteiger charge is 2.14. The molecule has 5 heteroatoms. The van der Waals surface area contributed by atoms with E-state index in [1.54, 1.807) is 36.4 Å². The number of halogens is 4. The molecular weight excluding hydrogens is 358 g/mol. The van der Waals surface area contributed by atoms with Gasteiger partial charge in [-0.2, -0.15) is 0 Å². The van der Waals surface area contributed by atoms with Crippen LogP contribution in [0.4, 0.5) is 0 Å². The molecule has 0 unspecified atom stereocenters. The number of carbonyl (C=O) groups is 1. The summed E-state index contributed by atoms with van der Waals surface area (Å²) < 4.78 is 0.645. The van der Waals surface area contributed by atoms with Gasteiger partial charge in [0.2, 0.25) is 0 Å². The van der Waals surface area contributed by atoms with E-state index in [1.165, 1.54) is 0 Å². The number of hydrogen-bond donors (Lipinski definition) is 0. The second-order valence-electron chi connectivity index (χ2n) is 3.58. The summed E-state index contributed by atoms with van der Waals surface area (Å²) in [5.41, 5.74) is 1.00. The van der Waals surface area contributed by atoms with E-state index in [9.17, 15) is 4.79 Å². The number of benzene rings is 2. The van der Waals surface area contributed by atoms with Crippen molar-refractivity contribution >= 4 is 56.5 Å². The molecule has 92 valence electrons. The molecular formula is C13H6BrCl3O. The topological polar surface area (TPSA) is 17.1 Å². The standard InChI is InChI=1S/C13H6BrCl3O/c14-10-6-8(15)2-3-9(10)13(18)7-1-4-11(16)12(17)5-7/h1-6H. The van der Waals surface area contributed by atoms with Gasteiger partial charge in [0.05, 0.1) is 10.0 Å². The van der Waals surface area contributed by atoms with Crippen molar-refractivity contribution in [2.45, 2.75) is 0 Å². The van der Waals surface area contributed by atoms with Gasteiger partial charge in [-0.05, 0) is 52.3 Å². The van der Waals surface area contributed by atoms with Gasteiger partial charge in [-0.15, -0.1) is 0 Å². The van der Waals surface area contributed by atoms with E-state index in [0.29, 0.717) is 30.7 Å². The van der Waals surface area contributed by atoms with Crippen molar-refractivity contribution in [3.63, 3.8) is 0 Å². The summed E-state index contributed by atoms with van der Waals surface area (Å²) >= 11 is 20.9. The van der Waals surface area contributed by atoms with Crippen LogP contribution in [0.5, 0.6) is 0 Å². The van der Waals surface area contributed by atoms with Crippen molar-refractivity contribution < 1.29 is 4.79 Å². The van der Waals surface area contributed by atoms with Crippen molar-refractivity contribution in [2.75, 3.05) is 0 Å². The largest absolute Gasteiger partial charge is 0.289 e. The molecule has 0 atom stereocenters. The van der Waals surface area contributed by atoms with E-state index in [0.717, 1.165) is 0 Å². The second kappa shape index (κ2) is 5.62. The molecule has 0 spiro atoms. The Morgan fingerprint density at radius 3 is 2.28 bits per heavy atom. The molecule has 0 amide bonds. The van der Waals surface area contributed by atoms with Crippen molar-refractivity contribution in [2.24, 2.45) is 0 Å². The average Bonchev–Trinajstić information content (AvgIpc) is 2.32. The third-order valence-electron chi connectivity index (χ3n) is 2.36. The maximum absolute atomic E-state index is 12.3. The van der Waals surface area contributed by atoms with E-state index in [4.69, 9.17) is 34.8 Å². The Bertz CT molecular complexity index is 626. The molecule has 0 aromatic heterocycles. The fraction of sp³-hybridized carbons (Fsp3) is 0. The molecule has 0 aliphatic heterocycles. The van der Waals surface area contributed by atoms with Gasteiger partial charge in [0.1, 0.15) is 0 Å². The summed E-state index contributed by atoms with van der Waals surface area (Å²) in [5.74, 6) is -0.142. The highest BCUT2D eigenvalue weighted by atomic mass is 79.9. The summed E-state index contributed by atoms with van der Waals surface area (Å²) in [6.45, 7) is 0. The van der Waals surface area contributed by atoms with Gasteiger partial charge in [0, 0.05) is 20.6 Å². The Morgan fingerprint density at radius 2 is 1.67 bits per heavy atom. The van der Waals surface area contributed by atoms with E-state index in [2.05, 4.69) is 15.9 Å². The molecule has 0 heterocycles. The van der Waals surface area contributed by atoms with E-state index >= 15 is 0 Å². The smallest absolute Gasteiger partial charge is 0.194 e. The minimum Gasteiger partial charge on any atom is -0.289 e. The predicted octanol–water partition coefficient (Wildman–Crippen LogP) is 5.64. The van der Waals surface area contributed by atoms with E-state index in [-0.39, 0.29) is 5.78 Å². The lowest BCUT2D eigenvalue weighted by molar-refractivity contribution is 0.103. The molecule has 0 aliphatic rings. The van der Waals surface area contributed by atoms with Crippen molar-refractivity contribution in [3.8, 4) is 0 Å². The Balaban J connectivity index is 2.44. The van der Waals surface area contributed by atoms with E-state index < -0.39 is 0 Å². The molecule has 0 N–H and O–H groups in total.